The number of nitrogens with zero attached hydrogens (tertiary/aromatic N) is 2. The first-order valence-corrected chi connectivity index (χ1v) is 7.32. The molecule has 4 heteroatoms. The lowest BCUT2D eigenvalue weighted by Crippen LogP contribution is -2.02. The van der Waals surface area contributed by atoms with Gasteiger partial charge in [0, 0.05) is 5.02 Å². The summed E-state index contributed by atoms with van der Waals surface area (Å²) in [4.78, 5) is 4.59. The molecule has 20 heavy (non-hydrogen) atoms. The van der Waals surface area contributed by atoms with Crippen LogP contribution in [-0.2, 0) is 5.88 Å². The molecule has 2 aromatic carbocycles. The fourth-order valence-corrected chi connectivity index (χ4v) is 2.79. The highest BCUT2D eigenvalue weighted by molar-refractivity contribution is 6.31. The number of halogens is 2. The summed E-state index contributed by atoms with van der Waals surface area (Å²) < 4.78 is 2.11. The van der Waals surface area contributed by atoms with Crippen molar-refractivity contribution in [3.8, 4) is 5.69 Å². The molecular formula is C16H14Cl2N2. The lowest BCUT2D eigenvalue weighted by atomic mass is 10.1. The largest absolute Gasteiger partial charge is 0.295 e. The fraction of sp³-hybridized carbons (Fsp3) is 0.188. The second-order valence-electron chi connectivity index (χ2n) is 4.85. The van der Waals surface area contributed by atoms with E-state index in [0.29, 0.717) is 10.9 Å². The highest BCUT2D eigenvalue weighted by Crippen LogP contribution is 2.27. The first-order valence-electron chi connectivity index (χ1n) is 6.41. The minimum Gasteiger partial charge on any atom is -0.295 e. The summed E-state index contributed by atoms with van der Waals surface area (Å²) in [6.07, 6.45) is 0. The molecule has 3 rings (SSSR count). The molecule has 0 spiro atoms. The van der Waals surface area contributed by atoms with Gasteiger partial charge in [0.25, 0.3) is 0 Å². The Morgan fingerprint density at radius 2 is 1.95 bits per heavy atom. The van der Waals surface area contributed by atoms with Crippen LogP contribution in [0.15, 0.2) is 36.4 Å². The number of aromatic nitrogens is 2. The van der Waals surface area contributed by atoms with E-state index < -0.39 is 0 Å². The summed E-state index contributed by atoms with van der Waals surface area (Å²) in [5.74, 6) is 1.19. The maximum atomic E-state index is 6.07. The molecule has 102 valence electrons. The molecule has 0 saturated carbocycles. The molecule has 0 N–H and O–H groups in total. The minimum absolute atomic E-state index is 0.361. The molecule has 0 bridgehead atoms. The van der Waals surface area contributed by atoms with E-state index in [0.717, 1.165) is 22.5 Å². The van der Waals surface area contributed by atoms with Crippen molar-refractivity contribution >= 4 is 34.2 Å². The molecule has 0 unspecified atom stereocenters. The normalized spacial score (nSPS) is 11.2. The molecule has 1 aromatic heterocycles. The van der Waals surface area contributed by atoms with Crippen LogP contribution in [0.1, 0.15) is 17.0 Å². The summed E-state index contributed by atoms with van der Waals surface area (Å²) in [6, 6.07) is 12.0. The van der Waals surface area contributed by atoms with Crippen LogP contribution in [0.5, 0.6) is 0 Å². The van der Waals surface area contributed by atoms with Crippen LogP contribution in [0, 0.1) is 13.8 Å². The molecule has 3 aromatic rings. The van der Waals surface area contributed by atoms with Crippen LogP contribution in [0.4, 0.5) is 0 Å². The van der Waals surface area contributed by atoms with E-state index in [1.54, 1.807) is 0 Å². The van der Waals surface area contributed by atoms with Crippen molar-refractivity contribution in [3.63, 3.8) is 0 Å². The smallest absolute Gasteiger partial charge is 0.129 e. The number of benzene rings is 2. The second-order valence-corrected chi connectivity index (χ2v) is 5.55. The van der Waals surface area contributed by atoms with E-state index in [4.69, 9.17) is 23.2 Å². The number of rotatable bonds is 2. The van der Waals surface area contributed by atoms with Crippen molar-refractivity contribution in [1.82, 2.24) is 9.55 Å². The maximum absolute atomic E-state index is 6.07. The summed E-state index contributed by atoms with van der Waals surface area (Å²) in [5, 5.41) is 0.684. The summed E-state index contributed by atoms with van der Waals surface area (Å²) in [5.41, 5.74) is 5.49. The van der Waals surface area contributed by atoms with E-state index >= 15 is 0 Å². The zero-order chi connectivity index (χ0) is 14.3. The van der Waals surface area contributed by atoms with Crippen LogP contribution < -0.4 is 0 Å². The molecule has 0 fully saturated rings. The number of aryl methyl sites for hydroxylation is 1. The van der Waals surface area contributed by atoms with Gasteiger partial charge in [-0.05, 0) is 49.2 Å². The van der Waals surface area contributed by atoms with Crippen molar-refractivity contribution < 1.29 is 0 Å². The Hall–Kier alpha value is -1.51. The number of hydrogen-bond acceptors (Lipinski definition) is 1. The minimum atomic E-state index is 0.361. The highest BCUT2D eigenvalue weighted by Gasteiger charge is 2.14. The van der Waals surface area contributed by atoms with Crippen LogP contribution in [0.25, 0.3) is 16.7 Å². The van der Waals surface area contributed by atoms with Crippen molar-refractivity contribution in [2.24, 2.45) is 0 Å². The van der Waals surface area contributed by atoms with Crippen molar-refractivity contribution in [2.45, 2.75) is 19.7 Å². The first-order chi connectivity index (χ1) is 9.61. The zero-order valence-electron chi connectivity index (χ0n) is 11.3. The predicted octanol–water partition coefficient (Wildman–Crippen LogP) is 5.03. The maximum Gasteiger partial charge on any atom is 0.129 e. The molecule has 1 heterocycles. The molecule has 0 aliphatic carbocycles. The Kier molecular flexibility index (Phi) is 3.45. The highest BCUT2D eigenvalue weighted by atomic mass is 35.5. The lowest BCUT2D eigenvalue weighted by molar-refractivity contribution is 0.969. The number of imidazole rings is 1. The van der Waals surface area contributed by atoms with Gasteiger partial charge in [-0.15, -0.1) is 11.6 Å². The van der Waals surface area contributed by atoms with E-state index in [1.165, 1.54) is 11.1 Å². The van der Waals surface area contributed by atoms with Gasteiger partial charge in [-0.3, -0.25) is 4.57 Å². The number of alkyl halides is 1. The second kappa shape index (κ2) is 5.12. The van der Waals surface area contributed by atoms with Gasteiger partial charge in [0.15, 0.2) is 0 Å². The van der Waals surface area contributed by atoms with Gasteiger partial charge in [0.05, 0.1) is 22.6 Å². The van der Waals surface area contributed by atoms with E-state index in [9.17, 15) is 0 Å². The molecule has 0 aliphatic rings. The molecule has 2 nitrogen and oxygen atoms in total. The summed E-state index contributed by atoms with van der Waals surface area (Å²) in [7, 11) is 0. The van der Waals surface area contributed by atoms with Crippen LogP contribution >= 0.6 is 23.2 Å². The van der Waals surface area contributed by atoms with E-state index in [1.807, 2.05) is 18.2 Å². The number of hydrogen-bond donors (Lipinski definition) is 0. The van der Waals surface area contributed by atoms with Gasteiger partial charge in [-0.1, -0.05) is 23.7 Å². The Morgan fingerprint density at radius 1 is 1.15 bits per heavy atom. The van der Waals surface area contributed by atoms with E-state index in [2.05, 4.69) is 41.6 Å². The third-order valence-corrected chi connectivity index (χ3v) is 4.10. The summed E-state index contributed by atoms with van der Waals surface area (Å²) >= 11 is 12.1. The predicted molar refractivity (Wildman–Crippen MR) is 85.1 cm³/mol. The third kappa shape index (κ3) is 2.09. The van der Waals surface area contributed by atoms with Crippen LogP contribution in [-0.4, -0.2) is 9.55 Å². The Bertz CT molecular complexity index is 791. The quantitative estimate of drug-likeness (QED) is 0.607. The van der Waals surface area contributed by atoms with Crippen LogP contribution in [0.2, 0.25) is 5.02 Å². The lowest BCUT2D eigenvalue weighted by Gasteiger charge is -2.13. The van der Waals surface area contributed by atoms with Crippen LogP contribution in [0.3, 0.4) is 0 Å². The van der Waals surface area contributed by atoms with Crippen molar-refractivity contribution in [3.05, 3.63) is 58.4 Å². The average Bonchev–Trinajstić information content (AvgIpc) is 2.79. The van der Waals surface area contributed by atoms with Crippen molar-refractivity contribution in [2.75, 3.05) is 0 Å². The SMILES string of the molecule is Cc1cccc(-n2c(CCl)nc3cc(Cl)ccc32)c1C. The molecule has 0 amide bonds. The number of fused-ring (bicyclic) bond motifs is 1. The molecule has 0 saturated heterocycles. The third-order valence-electron chi connectivity index (χ3n) is 3.62. The standard InChI is InChI=1S/C16H14Cl2N2/c1-10-4-3-5-14(11(10)2)20-15-7-6-12(18)8-13(15)19-16(20)9-17/h3-8H,9H2,1-2H3. The Morgan fingerprint density at radius 3 is 2.70 bits per heavy atom. The van der Waals surface area contributed by atoms with Gasteiger partial charge < -0.3 is 0 Å². The van der Waals surface area contributed by atoms with Crippen molar-refractivity contribution in [1.29, 1.82) is 0 Å². The van der Waals surface area contributed by atoms with Gasteiger partial charge in [-0.25, -0.2) is 4.98 Å². The molecule has 0 atom stereocenters. The summed E-state index contributed by atoms with van der Waals surface area (Å²) in [6.45, 7) is 4.22. The average molecular weight is 305 g/mol. The monoisotopic (exact) mass is 304 g/mol. The fourth-order valence-electron chi connectivity index (χ4n) is 2.44. The van der Waals surface area contributed by atoms with Gasteiger partial charge in [-0.2, -0.15) is 0 Å². The van der Waals surface area contributed by atoms with Gasteiger partial charge >= 0.3 is 0 Å². The Balaban J connectivity index is 2.37. The molecule has 0 radical (unpaired) electrons. The zero-order valence-corrected chi connectivity index (χ0v) is 12.8. The molecular weight excluding hydrogens is 291 g/mol. The van der Waals surface area contributed by atoms with E-state index in [-0.39, 0.29) is 0 Å². The molecule has 0 aliphatic heterocycles. The topological polar surface area (TPSA) is 17.8 Å². The Labute approximate surface area is 128 Å². The first kappa shape index (κ1) is 13.5. The van der Waals surface area contributed by atoms with Gasteiger partial charge in [0.2, 0.25) is 0 Å². The van der Waals surface area contributed by atoms with Gasteiger partial charge in [0.1, 0.15) is 5.82 Å².